The molecule has 84 valence electrons. The summed E-state index contributed by atoms with van der Waals surface area (Å²) in [5.41, 5.74) is 0. The van der Waals surface area contributed by atoms with E-state index in [0.29, 0.717) is 12.0 Å². The molecule has 2 rings (SSSR count). The fourth-order valence-electron chi connectivity index (χ4n) is 1.79. The molecule has 15 heavy (non-hydrogen) atoms. The van der Waals surface area contributed by atoms with Gasteiger partial charge in [0.15, 0.2) is 11.8 Å². The second-order valence-corrected chi connectivity index (χ2v) is 4.19. The predicted octanol–water partition coefficient (Wildman–Crippen LogP) is 1.65. The topological polar surface area (TPSA) is 43.2 Å². The maximum absolute atomic E-state index is 5.45. The summed E-state index contributed by atoms with van der Waals surface area (Å²) in [7, 11) is 0. The molecule has 0 bridgehead atoms. The molecule has 0 saturated carbocycles. The minimum absolute atomic E-state index is 0.329. The number of rotatable bonds is 4. The van der Waals surface area contributed by atoms with Crippen molar-refractivity contribution < 1.29 is 9.47 Å². The van der Waals surface area contributed by atoms with Gasteiger partial charge in [0.1, 0.15) is 13.2 Å². The second-order valence-electron chi connectivity index (χ2n) is 4.19. The molecule has 0 saturated heterocycles. The van der Waals surface area contributed by atoms with Crippen molar-refractivity contribution in [2.75, 3.05) is 19.8 Å². The molecule has 0 radical (unpaired) electrons. The Morgan fingerprint density at radius 2 is 2.33 bits per heavy atom. The molecule has 0 fully saturated rings. The van der Waals surface area contributed by atoms with E-state index in [1.54, 1.807) is 0 Å². The minimum atomic E-state index is 0.329. The van der Waals surface area contributed by atoms with Crippen LogP contribution < -0.4 is 0 Å². The third-order valence-corrected chi connectivity index (χ3v) is 2.68. The van der Waals surface area contributed by atoms with Crippen LogP contribution in [0.5, 0.6) is 0 Å². The maximum Gasteiger partial charge on any atom is 0.186 e. The number of hydrogen-bond donors (Lipinski definition) is 0. The minimum Gasteiger partial charge on any atom is -0.479 e. The monoisotopic (exact) mass is 210 g/mol. The number of aliphatic imine (C=N–C) groups is 2. The molecule has 4 nitrogen and oxygen atoms in total. The summed E-state index contributed by atoms with van der Waals surface area (Å²) >= 11 is 0. The van der Waals surface area contributed by atoms with E-state index in [4.69, 9.17) is 9.47 Å². The average molecular weight is 210 g/mol. The molecular weight excluding hydrogens is 192 g/mol. The zero-order valence-corrected chi connectivity index (χ0v) is 9.40. The average Bonchev–Trinajstić information content (AvgIpc) is 2.84. The zero-order valence-electron chi connectivity index (χ0n) is 9.40. The molecule has 2 atom stereocenters. The van der Waals surface area contributed by atoms with Gasteiger partial charge in [-0.3, -0.25) is 4.99 Å². The molecule has 2 aliphatic heterocycles. The Bertz CT molecular complexity index is 286. The van der Waals surface area contributed by atoms with Gasteiger partial charge in [-0.05, 0) is 13.3 Å². The Kier molecular flexibility index (Phi) is 3.23. The van der Waals surface area contributed by atoms with Gasteiger partial charge in [0.25, 0.3) is 0 Å². The number of ether oxygens (including phenoxy) is 2. The van der Waals surface area contributed by atoms with Gasteiger partial charge in [-0.15, -0.1) is 0 Å². The van der Waals surface area contributed by atoms with Gasteiger partial charge in [0.05, 0.1) is 12.6 Å². The Morgan fingerprint density at radius 1 is 1.47 bits per heavy atom. The van der Waals surface area contributed by atoms with Crippen molar-refractivity contribution >= 4 is 11.8 Å². The third-order valence-electron chi connectivity index (χ3n) is 2.68. The molecule has 0 aromatic rings. The largest absolute Gasteiger partial charge is 0.479 e. The van der Waals surface area contributed by atoms with E-state index in [-0.39, 0.29) is 0 Å². The van der Waals surface area contributed by atoms with Gasteiger partial charge < -0.3 is 9.47 Å². The molecule has 0 spiro atoms. The highest BCUT2D eigenvalue weighted by molar-refractivity contribution is 5.81. The van der Waals surface area contributed by atoms with Crippen molar-refractivity contribution in [3.63, 3.8) is 0 Å². The van der Waals surface area contributed by atoms with E-state index in [2.05, 4.69) is 23.8 Å². The maximum atomic E-state index is 5.45. The lowest BCUT2D eigenvalue weighted by Crippen LogP contribution is -2.13. The fourth-order valence-corrected chi connectivity index (χ4v) is 1.79. The highest BCUT2D eigenvalue weighted by Gasteiger charge is 2.19. The van der Waals surface area contributed by atoms with Crippen LogP contribution in [0, 0.1) is 5.92 Å². The first-order valence-corrected chi connectivity index (χ1v) is 5.62. The summed E-state index contributed by atoms with van der Waals surface area (Å²) in [6, 6.07) is 0.329. The lowest BCUT2D eigenvalue weighted by Gasteiger charge is -2.10. The molecule has 2 aliphatic rings. The zero-order chi connectivity index (χ0) is 10.7. The number of nitrogens with zero attached hydrogens (tertiary/aromatic N) is 2. The Labute approximate surface area is 90.4 Å². The summed E-state index contributed by atoms with van der Waals surface area (Å²) in [5.74, 6) is 2.18. The molecule has 0 amide bonds. The Morgan fingerprint density at radius 3 is 2.93 bits per heavy atom. The lowest BCUT2D eigenvalue weighted by molar-refractivity contribution is 0.307. The van der Waals surface area contributed by atoms with E-state index >= 15 is 0 Å². The highest BCUT2D eigenvalue weighted by Crippen LogP contribution is 2.15. The smallest absolute Gasteiger partial charge is 0.186 e. The molecule has 4 heteroatoms. The van der Waals surface area contributed by atoms with Crippen LogP contribution in [0.3, 0.4) is 0 Å². The fraction of sp³-hybridized carbons (Fsp3) is 0.818. The standard InChI is InChI=1S/C11H18N2O2/c1-8(11-12-5-6-14-11)3-4-10-13-9(2)7-15-10/h8-9H,3-7H2,1-2H3. The first kappa shape index (κ1) is 10.5. The first-order chi connectivity index (χ1) is 7.25. The quantitative estimate of drug-likeness (QED) is 0.708. The van der Waals surface area contributed by atoms with E-state index in [0.717, 1.165) is 44.4 Å². The summed E-state index contributed by atoms with van der Waals surface area (Å²) in [6.45, 7) is 6.51. The molecular formula is C11H18N2O2. The van der Waals surface area contributed by atoms with E-state index in [1.807, 2.05) is 0 Å². The normalized spacial score (nSPS) is 26.7. The van der Waals surface area contributed by atoms with Gasteiger partial charge in [-0.2, -0.15) is 0 Å². The van der Waals surface area contributed by atoms with Crippen LogP contribution in [0.2, 0.25) is 0 Å². The molecule has 2 heterocycles. The summed E-state index contributed by atoms with van der Waals surface area (Å²) < 4.78 is 10.9. The van der Waals surface area contributed by atoms with Crippen molar-refractivity contribution in [2.45, 2.75) is 32.7 Å². The van der Waals surface area contributed by atoms with Crippen LogP contribution in [0.1, 0.15) is 26.7 Å². The first-order valence-electron chi connectivity index (χ1n) is 5.62. The molecule has 2 unspecified atom stereocenters. The van der Waals surface area contributed by atoms with Crippen molar-refractivity contribution in [2.24, 2.45) is 15.9 Å². The third kappa shape index (κ3) is 2.70. The Balaban J connectivity index is 1.75. The van der Waals surface area contributed by atoms with Gasteiger partial charge in [-0.25, -0.2) is 4.99 Å². The van der Waals surface area contributed by atoms with Gasteiger partial charge in [-0.1, -0.05) is 6.92 Å². The van der Waals surface area contributed by atoms with Crippen LogP contribution in [-0.2, 0) is 9.47 Å². The van der Waals surface area contributed by atoms with Crippen molar-refractivity contribution in [3.05, 3.63) is 0 Å². The van der Waals surface area contributed by atoms with Crippen molar-refractivity contribution in [1.29, 1.82) is 0 Å². The van der Waals surface area contributed by atoms with E-state index in [1.165, 1.54) is 0 Å². The van der Waals surface area contributed by atoms with Gasteiger partial charge in [0.2, 0.25) is 0 Å². The summed E-state index contributed by atoms with van der Waals surface area (Å²) in [6.07, 6.45) is 1.90. The van der Waals surface area contributed by atoms with Crippen LogP contribution in [-0.4, -0.2) is 37.6 Å². The highest BCUT2D eigenvalue weighted by atomic mass is 16.5. The summed E-state index contributed by atoms with van der Waals surface area (Å²) in [5, 5.41) is 0. The van der Waals surface area contributed by atoms with Crippen LogP contribution in [0.15, 0.2) is 9.98 Å². The van der Waals surface area contributed by atoms with Crippen LogP contribution in [0.25, 0.3) is 0 Å². The SMILES string of the molecule is CC1COC(CCC(C)C2=NCCO2)=N1. The number of hydrogen-bond acceptors (Lipinski definition) is 4. The second kappa shape index (κ2) is 4.64. The summed E-state index contributed by atoms with van der Waals surface area (Å²) in [4.78, 5) is 8.71. The predicted molar refractivity (Wildman–Crippen MR) is 59.5 cm³/mol. The van der Waals surface area contributed by atoms with Crippen molar-refractivity contribution in [1.82, 2.24) is 0 Å². The Hall–Kier alpha value is -1.06. The van der Waals surface area contributed by atoms with Gasteiger partial charge >= 0.3 is 0 Å². The molecule has 0 aromatic heterocycles. The molecule has 0 aliphatic carbocycles. The van der Waals surface area contributed by atoms with Gasteiger partial charge in [0, 0.05) is 12.3 Å². The van der Waals surface area contributed by atoms with Crippen LogP contribution in [0.4, 0.5) is 0 Å². The van der Waals surface area contributed by atoms with Crippen LogP contribution >= 0.6 is 0 Å². The van der Waals surface area contributed by atoms with E-state index < -0.39 is 0 Å². The lowest BCUT2D eigenvalue weighted by atomic mass is 10.1. The molecule has 0 N–H and O–H groups in total. The molecule has 0 aromatic carbocycles. The van der Waals surface area contributed by atoms with Crippen molar-refractivity contribution in [3.8, 4) is 0 Å². The van der Waals surface area contributed by atoms with E-state index in [9.17, 15) is 0 Å².